The van der Waals surface area contributed by atoms with Crippen LogP contribution in [-0.2, 0) is 5.54 Å². The molecule has 24 heavy (non-hydrogen) atoms. The van der Waals surface area contributed by atoms with Crippen LogP contribution in [0, 0.1) is 5.41 Å². The summed E-state index contributed by atoms with van der Waals surface area (Å²) in [6.45, 7) is 2.85. The Bertz CT molecular complexity index is 611. The quantitative estimate of drug-likeness (QED) is 0.611. The lowest BCUT2D eigenvalue weighted by molar-refractivity contribution is -0.138. The molecular weight excluding hydrogens is 304 g/mol. The number of phenolic OH excluding ortho intramolecular Hbond substituents is 1. The second kappa shape index (κ2) is 7.01. The third-order valence-electron chi connectivity index (χ3n) is 5.39. The Hall–Kier alpha value is -1.75. The van der Waals surface area contributed by atoms with Crippen molar-refractivity contribution >= 4 is 5.84 Å². The molecule has 3 N–H and O–H groups in total. The molecule has 5 heteroatoms. The topological polar surface area (TPSA) is 76.8 Å². The van der Waals surface area contributed by atoms with Gasteiger partial charge in [-0.25, -0.2) is 5.06 Å². The molecule has 1 spiro atoms. The van der Waals surface area contributed by atoms with E-state index in [0.717, 1.165) is 42.7 Å². The summed E-state index contributed by atoms with van der Waals surface area (Å²) >= 11 is 0. The standard InChI is InChI=1S/C19H28N2O3/c1-2-3-4-5-6-7-11-24-14-12-15-17(16(22)13-14)18(20)21(23)19(15)9-8-10-19/h12-13,20,22-23H,2-11H2,1H3. The van der Waals surface area contributed by atoms with E-state index in [4.69, 9.17) is 10.1 Å². The molecule has 0 unspecified atom stereocenters. The first-order valence-corrected chi connectivity index (χ1v) is 9.18. The lowest BCUT2D eigenvalue weighted by Crippen LogP contribution is -2.46. The number of benzene rings is 1. The summed E-state index contributed by atoms with van der Waals surface area (Å²) in [5.74, 6) is 0.650. The molecule has 0 aromatic heterocycles. The Balaban J connectivity index is 1.63. The van der Waals surface area contributed by atoms with Crippen LogP contribution in [0.2, 0.25) is 0 Å². The first kappa shape index (κ1) is 17.1. The van der Waals surface area contributed by atoms with Crippen LogP contribution in [-0.4, -0.2) is 27.8 Å². The minimum absolute atomic E-state index is 0.00956. The maximum Gasteiger partial charge on any atom is 0.157 e. The molecule has 1 aliphatic heterocycles. The molecule has 0 atom stereocenters. The number of rotatable bonds is 8. The van der Waals surface area contributed by atoms with E-state index in [0.29, 0.717) is 17.9 Å². The number of unbranched alkanes of at least 4 members (excludes halogenated alkanes) is 5. The Labute approximate surface area is 143 Å². The van der Waals surface area contributed by atoms with Crippen molar-refractivity contribution in [3.05, 3.63) is 23.3 Å². The molecule has 5 nitrogen and oxygen atoms in total. The number of phenols is 1. The summed E-state index contributed by atoms with van der Waals surface area (Å²) < 4.78 is 5.82. The van der Waals surface area contributed by atoms with E-state index in [1.54, 1.807) is 6.07 Å². The summed E-state index contributed by atoms with van der Waals surface area (Å²) in [6, 6.07) is 3.46. The fraction of sp³-hybridized carbons (Fsp3) is 0.632. The van der Waals surface area contributed by atoms with E-state index < -0.39 is 5.54 Å². The monoisotopic (exact) mass is 332 g/mol. The zero-order valence-corrected chi connectivity index (χ0v) is 14.5. The van der Waals surface area contributed by atoms with Gasteiger partial charge in [0.05, 0.1) is 17.7 Å². The summed E-state index contributed by atoms with van der Waals surface area (Å²) in [5.41, 5.74) is 0.756. The van der Waals surface area contributed by atoms with Crippen LogP contribution < -0.4 is 4.74 Å². The SMILES string of the molecule is CCCCCCCCOc1cc(O)c2c(c1)C1(CCC1)N(O)C2=N. The van der Waals surface area contributed by atoms with Gasteiger partial charge in [0.2, 0.25) is 0 Å². The number of fused-ring (bicyclic) bond motifs is 2. The van der Waals surface area contributed by atoms with Gasteiger partial charge in [-0.05, 0) is 37.3 Å². The summed E-state index contributed by atoms with van der Waals surface area (Å²) in [6.07, 6.45) is 9.88. The Kier molecular flexibility index (Phi) is 4.99. The highest BCUT2D eigenvalue weighted by Gasteiger charge is 2.53. The normalized spacial score (nSPS) is 17.9. The minimum Gasteiger partial charge on any atom is -0.507 e. The summed E-state index contributed by atoms with van der Waals surface area (Å²) in [7, 11) is 0. The van der Waals surface area contributed by atoms with Crippen molar-refractivity contribution < 1.29 is 15.1 Å². The average molecular weight is 332 g/mol. The van der Waals surface area contributed by atoms with Gasteiger partial charge in [-0.1, -0.05) is 39.0 Å². The van der Waals surface area contributed by atoms with Crippen LogP contribution >= 0.6 is 0 Å². The molecule has 0 amide bonds. The van der Waals surface area contributed by atoms with E-state index in [2.05, 4.69) is 6.92 Å². The second-order valence-electron chi connectivity index (χ2n) is 7.03. The van der Waals surface area contributed by atoms with Crippen LogP contribution in [0.5, 0.6) is 11.5 Å². The molecule has 0 saturated heterocycles. The maximum absolute atomic E-state index is 10.3. The molecule has 1 fully saturated rings. The molecule has 132 valence electrons. The number of aromatic hydroxyl groups is 1. The number of amidine groups is 1. The fourth-order valence-electron chi connectivity index (χ4n) is 3.80. The first-order valence-electron chi connectivity index (χ1n) is 9.18. The van der Waals surface area contributed by atoms with Gasteiger partial charge in [0, 0.05) is 6.07 Å². The molecule has 1 aliphatic carbocycles. The zero-order chi connectivity index (χ0) is 17.2. The van der Waals surface area contributed by atoms with E-state index in [1.807, 2.05) is 6.07 Å². The van der Waals surface area contributed by atoms with Gasteiger partial charge in [-0.2, -0.15) is 0 Å². The molecule has 3 rings (SSSR count). The third-order valence-corrected chi connectivity index (χ3v) is 5.39. The van der Waals surface area contributed by atoms with Gasteiger partial charge < -0.3 is 9.84 Å². The third kappa shape index (κ3) is 2.86. The maximum atomic E-state index is 10.3. The molecule has 0 bridgehead atoms. The first-order chi connectivity index (χ1) is 11.6. The predicted molar refractivity (Wildman–Crippen MR) is 93.0 cm³/mol. The smallest absolute Gasteiger partial charge is 0.157 e. The van der Waals surface area contributed by atoms with Crippen molar-refractivity contribution in [2.45, 2.75) is 70.3 Å². The highest BCUT2D eigenvalue weighted by molar-refractivity contribution is 6.03. The van der Waals surface area contributed by atoms with E-state index >= 15 is 0 Å². The summed E-state index contributed by atoms with van der Waals surface area (Å²) in [4.78, 5) is 0. The number of hydroxylamine groups is 2. The highest BCUT2D eigenvalue weighted by Crippen LogP contribution is 2.54. The highest BCUT2D eigenvalue weighted by atomic mass is 16.5. The van der Waals surface area contributed by atoms with Gasteiger partial charge in [0.25, 0.3) is 0 Å². The minimum atomic E-state index is -0.524. The molecule has 0 radical (unpaired) electrons. The number of hydrogen-bond donors (Lipinski definition) is 3. The molecule has 2 aliphatic rings. The van der Waals surface area contributed by atoms with E-state index in [-0.39, 0.29) is 11.6 Å². The number of hydrogen-bond acceptors (Lipinski definition) is 4. The Morgan fingerprint density at radius 1 is 1.17 bits per heavy atom. The summed E-state index contributed by atoms with van der Waals surface area (Å²) in [5, 5.41) is 29.7. The van der Waals surface area contributed by atoms with Gasteiger partial charge >= 0.3 is 0 Å². The van der Waals surface area contributed by atoms with Crippen LogP contribution in [0.1, 0.15) is 75.8 Å². The Morgan fingerprint density at radius 3 is 2.54 bits per heavy atom. The molecule has 1 saturated carbocycles. The van der Waals surface area contributed by atoms with Crippen LogP contribution in [0.25, 0.3) is 0 Å². The lowest BCUT2D eigenvalue weighted by Gasteiger charge is -2.43. The van der Waals surface area contributed by atoms with Gasteiger partial charge in [0.15, 0.2) is 5.84 Å². The Morgan fingerprint density at radius 2 is 1.88 bits per heavy atom. The van der Waals surface area contributed by atoms with Crippen molar-refractivity contribution in [3.63, 3.8) is 0 Å². The number of nitrogens with one attached hydrogen (secondary N) is 1. The van der Waals surface area contributed by atoms with Gasteiger partial charge in [-0.3, -0.25) is 10.6 Å². The molecule has 1 aromatic carbocycles. The van der Waals surface area contributed by atoms with Crippen LogP contribution in [0.3, 0.4) is 0 Å². The second-order valence-corrected chi connectivity index (χ2v) is 7.03. The number of nitrogens with zero attached hydrogens (tertiary/aromatic N) is 1. The predicted octanol–water partition coefficient (Wildman–Crippen LogP) is 4.54. The fourth-order valence-corrected chi connectivity index (χ4v) is 3.80. The lowest BCUT2D eigenvalue weighted by atomic mass is 9.72. The van der Waals surface area contributed by atoms with Crippen LogP contribution in [0.15, 0.2) is 12.1 Å². The van der Waals surface area contributed by atoms with Crippen molar-refractivity contribution in [3.8, 4) is 11.5 Å². The largest absolute Gasteiger partial charge is 0.507 e. The van der Waals surface area contributed by atoms with E-state index in [9.17, 15) is 10.3 Å². The zero-order valence-electron chi connectivity index (χ0n) is 14.5. The van der Waals surface area contributed by atoms with Gasteiger partial charge in [-0.15, -0.1) is 0 Å². The van der Waals surface area contributed by atoms with Crippen LogP contribution in [0.4, 0.5) is 0 Å². The van der Waals surface area contributed by atoms with Gasteiger partial charge in [0.1, 0.15) is 11.5 Å². The number of ether oxygens (including phenoxy) is 1. The van der Waals surface area contributed by atoms with Crippen molar-refractivity contribution in [2.75, 3.05) is 6.61 Å². The van der Waals surface area contributed by atoms with Crippen molar-refractivity contribution in [2.24, 2.45) is 0 Å². The van der Waals surface area contributed by atoms with E-state index in [1.165, 1.54) is 25.7 Å². The molecule has 1 aromatic rings. The average Bonchev–Trinajstić information content (AvgIpc) is 2.75. The van der Waals surface area contributed by atoms with Crippen molar-refractivity contribution in [1.82, 2.24) is 5.06 Å². The molecule has 1 heterocycles. The molecular formula is C19H28N2O3. The van der Waals surface area contributed by atoms with Crippen molar-refractivity contribution in [1.29, 1.82) is 5.41 Å².